The van der Waals surface area contributed by atoms with Crippen LogP contribution in [0.2, 0.25) is 0 Å². The summed E-state index contributed by atoms with van der Waals surface area (Å²) in [6, 6.07) is 0. The minimum Gasteiger partial charge on any atom is -0.105 e. The van der Waals surface area contributed by atoms with E-state index < -0.39 is 6.89 Å². The van der Waals surface area contributed by atoms with Crippen LogP contribution in [-0.4, -0.2) is 23.8 Å². The van der Waals surface area contributed by atoms with E-state index in [-0.39, 0.29) is 0 Å². The lowest BCUT2D eigenvalue weighted by atomic mass is 10.1. The quantitative estimate of drug-likeness (QED) is 0.406. The summed E-state index contributed by atoms with van der Waals surface area (Å²) in [7, 11) is 0. The van der Waals surface area contributed by atoms with Crippen molar-refractivity contribution in [3.63, 3.8) is 0 Å². The van der Waals surface area contributed by atoms with Gasteiger partial charge in [0.1, 0.15) is 0 Å². The van der Waals surface area contributed by atoms with Gasteiger partial charge in [0.05, 0.1) is 0 Å². The fourth-order valence-electron chi connectivity index (χ4n) is 2.61. The first-order chi connectivity index (χ1) is 7.13. The van der Waals surface area contributed by atoms with Crippen LogP contribution >= 0.6 is 6.89 Å². The van der Waals surface area contributed by atoms with Gasteiger partial charge in [0.2, 0.25) is 0 Å². The summed E-state index contributed by atoms with van der Waals surface area (Å²) >= 11 is 0. The van der Waals surface area contributed by atoms with Crippen molar-refractivity contribution >= 4 is 13.2 Å². The Morgan fingerprint density at radius 2 is 1.33 bits per heavy atom. The largest absolute Gasteiger partial charge is 0.105 e. The first-order valence-electron chi connectivity index (χ1n) is 6.84. The maximum Gasteiger partial charge on any atom is -0.0177 e. The van der Waals surface area contributed by atoms with Gasteiger partial charge < -0.3 is 0 Å². The molecule has 1 heteroatoms. The average molecular weight is 228 g/mol. The van der Waals surface area contributed by atoms with E-state index >= 15 is 0 Å². The molecule has 0 radical (unpaired) electrons. The predicted octanol–water partition coefficient (Wildman–Crippen LogP) is 4.98. The molecule has 0 aromatic heterocycles. The Morgan fingerprint density at radius 1 is 0.867 bits per heavy atom. The Kier molecular flexibility index (Phi) is 5.47. The Bertz CT molecular complexity index is 207. The van der Waals surface area contributed by atoms with Gasteiger partial charge in [0, 0.05) is 0 Å². The summed E-state index contributed by atoms with van der Waals surface area (Å²) in [6.45, 7) is 6.44. The summed E-state index contributed by atoms with van der Waals surface area (Å²) in [6.07, 6.45) is 16.1. The molecule has 15 heavy (non-hydrogen) atoms. The van der Waals surface area contributed by atoms with Gasteiger partial charge in [-0.25, -0.2) is 0 Å². The second-order valence-electron chi connectivity index (χ2n) is 5.43. The van der Waals surface area contributed by atoms with Gasteiger partial charge in [-0.15, -0.1) is 13.2 Å². The van der Waals surface area contributed by atoms with Crippen LogP contribution < -0.4 is 0 Å². The van der Waals surface area contributed by atoms with E-state index in [9.17, 15) is 0 Å². The van der Waals surface area contributed by atoms with E-state index in [0.717, 1.165) is 11.3 Å². The molecule has 1 fully saturated rings. The molecule has 90 valence electrons. The highest BCUT2D eigenvalue weighted by molar-refractivity contribution is 7.82. The van der Waals surface area contributed by atoms with Crippen molar-refractivity contribution in [2.75, 3.05) is 6.16 Å². The van der Waals surface area contributed by atoms with Crippen LogP contribution in [0.15, 0.2) is 0 Å². The van der Waals surface area contributed by atoms with Gasteiger partial charge in [0.25, 0.3) is 0 Å². The first-order valence-corrected chi connectivity index (χ1v) is 9.14. The van der Waals surface area contributed by atoms with Crippen molar-refractivity contribution < 1.29 is 0 Å². The highest BCUT2D eigenvalue weighted by atomic mass is 31.2. The number of unbranched alkanes of at least 4 members (excludes halogenated alkanes) is 6. The van der Waals surface area contributed by atoms with Gasteiger partial charge in [0.15, 0.2) is 0 Å². The highest BCUT2D eigenvalue weighted by Crippen LogP contribution is 2.73. The van der Waals surface area contributed by atoms with Crippen molar-refractivity contribution in [1.29, 1.82) is 0 Å². The van der Waals surface area contributed by atoms with E-state index in [1.54, 1.807) is 0 Å². The van der Waals surface area contributed by atoms with E-state index in [0.29, 0.717) is 0 Å². The zero-order chi connectivity index (χ0) is 11.3. The van der Waals surface area contributed by atoms with E-state index in [1.165, 1.54) is 51.1 Å². The monoisotopic (exact) mass is 228 g/mol. The van der Waals surface area contributed by atoms with Gasteiger partial charge >= 0.3 is 0 Å². The summed E-state index contributed by atoms with van der Waals surface area (Å²) in [5.74, 6) is 0. The molecule has 0 amide bonds. The molecule has 0 aromatic carbocycles. The third-order valence-electron chi connectivity index (χ3n) is 4.41. The van der Waals surface area contributed by atoms with Crippen molar-refractivity contribution in [3.8, 4) is 0 Å². The summed E-state index contributed by atoms with van der Waals surface area (Å²) in [5.41, 5.74) is 1.97. The zero-order valence-electron chi connectivity index (χ0n) is 11.0. The van der Waals surface area contributed by atoms with Crippen molar-refractivity contribution in [1.82, 2.24) is 0 Å². The van der Waals surface area contributed by atoms with Gasteiger partial charge in [-0.3, -0.25) is 0 Å². The number of hydrogen-bond donors (Lipinski definition) is 0. The Balaban J connectivity index is 1.92. The second kappa shape index (κ2) is 6.14. The summed E-state index contributed by atoms with van der Waals surface area (Å²) in [4.78, 5) is 0. The molecule has 0 N–H and O–H groups in total. The molecule has 2 atom stereocenters. The van der Waals surface area contributed by atoms with Crippen LogP contribution in [0.1, 0.15) is 65.7 Å². The predicted molar refractivity (Wildman–Crippen MR) is 75.8 cm³/mol. The SMILES string of the molecule is C=P1(CCCCCCCCC)C(C)C1C. The lowest BCUT2D eigenvalue weighted by Crippen LogP contribution is -1.84. The van der Waals surface area contributed by atoms with Gasteiger partial charge in [-0.05, 0) is 23.9 Å². The van der Waals surface area contributed by atoms with E-state index in [4.69, 9.17) is 0 Å². The maximum atomic E-state index is 4.50. The molecule has 0 aromatic rings. The Labute approximate surface area is 96.8 Å². The van der Waals surface area contributed by atoms with Crippen molar-refractivity contribution in [2.24, 2.45) is 0 Å². The molecule has 0 bridgehead atoms. The molecule has 1 rings (SSSR count). The van der Waals surface area contributed by atoms with Crippen LogP contribution in [0.25, 0.3) is 0 Å². The van der Waals surface area contributed by atoms with Crippen LogP contribution in [0.3, 0.4) is 0 Å². The smallest absolute Gasteiger partial charge is 0.0177 e. The number of hydrogen-bond acceptors (Lipinski definition) is 0. The molecular weight excluding hydrogens is 199 g/mol. The second-order valence-corrected chi connectivity index (χ2v) is 9.71. The van der Waals surface area contributed by atoms with Crippen molar-refractivity contribution in [3.05, 3.63) is 0 Å². The third-order valence-corrected chi connectivity index (χ3v) is 9.35. The molecule has 1 aliphatic rings. The first kappa shape index (κ1) is 13.4. The van der Waals surface area contributed by atoms with E-state index in [2.05, 4.69) is 27.1 Å². The molecule has 0 aliphatic carbocycles. The van der Waals surface area contributed by atoms with Crippen LogP contribution in [0.4, 0.5) is 0 Å². The Hall–Kier alpha value is 0.300. The van der Waals surface area contributed by atoms with E-state index in [1.807, 2.05) is 0 Å². The van der Waals surface area contributed by atoms with Gasteiger partial charge in [-0.1, -0.05) is 59.3 Å². The fraction of sp³-hybridized carbons (Fsp3) is 0.929. The lowest BCUT2D eigenvalue weighted by Gasteiger charge is -2.05. The normalized spacial score (nSPS) is 34.3. The minimum atomic E-state index is -0.659. The average Bonchev–Trinajstić information content (AvgIpc) is 2.69. The van der Waals surface area contributed by atoms with Crippen LogP contribution in [0.5, 0.6) is 0 Å². The molecular formula is C14H29P. The van der Waals surface area contributed by atoms with Crippen molar-refractivity contribution in [2.45, 2.75) is 77.0 Å². The molecule has 0 spiro atoms. The summed E-state index contributed by atoms with van der Waals surface area (Å²) < 4.78 is 0. The summed E-state index contributed by atoms with van der Waals surface area (Å²) in [5, 5.41) is 0. The zero-order valence-corrected chi connectivity index (χ0v) is 11.9. The topological polar surface area (TPSA) is 0 Å². The van der Waals surface area contributed by atoms with Crippen LogP contribution in [-0.2, 0) is 0 Å². The molecule has 2 unspecified atom stereocenters. The molecule has 0 saturated carbocycles. The lowest BCUT2D eigenvalue weighted by molar-refractivity contribution is 0.603. The molecule has 1 aliphatic heterocycles. The number of rotatable bonds is 8. The highest BCUT2D eigenvalue weighted by Gasteiger charge is 2.46. The molecule has 0 nitrogen and oxygen atoms in total. The maximum absolute atomic E-state index is 4.50. The fourth-order valence-corrected chi connectivity index (χ4v) is 6.47. The van der Waals surface area contributed by atoms with Gasteiger partial charge in [-0.2, -0.15) is 0 Å². The van der Waals surface area contributed by atoms with Crippen LogP contribution in [0, 0.1) is 0 Å². The molecule has 1 saturated heterocycles. The molecule has 1 heterocycles. The Morgan fingerprint density at radius 3 is 1.80 bits per heavy atom. The standard InChI is InChI=1S/C14H29P/c1-5-6-7-8-9-10-11-12-15(4)13(2)14(15)3/h13-14H,4-12H2,1-3H3. The third kappa shape index (κ3) is 3.66. The minimum absolute atomic E-state index is 0.659.